The Balaban J connectivity index is 2.59. The summed E-state index contributed by atoms with van der Waals surface area (Å²) in [6.07, 6.45) is 1.09. The van der Waals surface area contributed by atoms with E-state index in [1.807, 2.05) is 12.1 Å². The van der Waals surface area contributed by atoms with Gasteiger partial charge in [0.05, 0.1) is 8.49 Å². The van der Waals surface area contributed by atoms with Gasteiger partial charge in [0, 0.05) is 15.2 Å². The van der Waals surface area contributed by atoms with Gasteiger partial charge >= 0.3 is 0 Å². The van der Waals surface area contributed by atoms with Crippen molar-refractivity contribution in [3.8, 4) is 5.75 Å². The van der Waals surface area contributed by atoms with E-state index in [-0.39, 0.29) is 10.6 Å². The maximum absolute atomic E-state index is 10.8. The van der Waals surface area contributed by atoms with Crippen LogP contribution in [0.3, 0.4) is 0 Å². The summed E-state index contributed by atoms with van der Waals surface area (Å²) < 4.78 is 7.59. The third-order valence-electron chi connectivity index (χ3n) is 2.26. The van der Waals surface area contributed by atoms with Gasteiger partial charge in [-0.25, -0.2) is 0 Å². The van der Waals surface area contributed by atoms with Crippen LogP contribution in [0, 0.1) is 17.3 Å². The zero-order valence-corrected chi connectivity index (χ0v) is 12.6. The third kappa shape index (κ3) is 2.17. The Bertz CT molecular complexity index is 499. The maximum Gasteiger partial charge on any atom is 0.286 e. The molecule has 0 bridgehead atoms. The SMILES string of the molecule is CC1Oc2c(I)cc(I)cc2C=C1[N+](=O)[O-]. The highest BCUT2D eigenvalue weighted by Gasteiger charge is 2.29. The van der Waals surface area contributed by atoms with E-state index in [2.05, 4.69) is 45.2 Å². The minimum atomic E-state index is -0.504. The highest BCUT2D eigenvalue weighted by molar-refractivity contribution is 14.1. The molecule has 1 heterocycles. The van der Waals surface area contributed by atoms with Gasteiger partial charge in [0.2, 0.25) is 0 Å². The van der Waals surface area contributed by atoms with Crippen molar-refractivity contribution in [2.24, 2.45) is 0 Å². The summed E-state index contributed by atoms with van der Waals surface area (Å²) in [6.45, 7) is 1.69. The minimum absolute atomic E-state index is 0.102. The van der Waals surface area contributed by atoms with Crippen LogP contribution in [0.1, 0.15) is 12.5 Å². The molecule has 0 amide bonds. The summed E-state index contributed by atoms with van der Waals surface area (Å²) in [5.74, 6) is 0.735. The number of hydrogen-bond acceptors (Lipinski definition) is 3. The molecule has 1 unspecified atom stereocenters. The lowest BCUT2D eigenvalue weighted by Crippen LogP contribution is -2.24. The predicted molar refractivity (Wildman–Crippen MR) is 76.9 cm³/mol. The van der Waals surface area contributed by atoms with Crippen LogP contribution in [0.15, 0.2) is 17.8 Å². The monoisotopic (exact) mass is 443 g/mol. The van der Waals surface area contributed by atoms with Crippen molar-refractivity contribution >= 4 is 51.3 Å². The molecule has 16 heavy (non-hydrogen) atoms. The number of ether oxygens (including phenoxy) is 1. The molecule has 0 saturated heterocycles. The number of nitrogens with zero attached hydrogens (tertiary/aromatic N) is 1. The van der Waals surface area contributed by atoms with Gasteiger partial charge in [-0.2, -0.15) is 0 Å². The normalized spacial score (nSPS) is 18.4. The summed E-state index contributed by atoms with van der Waals surface area (Å²) in [5, 5.41) is 10.8. The molecule has 1 aliphatic heterocycles. The Kier molecular flexibility index (Phi) is 3.38. The largest absolute Gasteiger partial charge is 0.478 e. The van der Waals surface area contributed by atoms with E-state index in [1.165, 1.54) is 0 Å². The topological polar surface area (TPSA) is 52.4 Å². The average Bonchev–Trinajstić information content (AvgIpc) is 2.18. The zero-order valence-electron chi connectivity index (χ0n) is 8.24. The van der Waals surface area contributed by atoms with E-state index in [0.29, 0.717) is 0 Å². The van der Waals surface area contributed by atoms with E-state index >= 15 is 0 Å². The molecule has 0 fully saturated rings. The summed E-state index contributed by atoms with van der Waals surface area (Å²) in [4.78, 5) is 10.4. The molecule has 2 rings (SSSR count). The van der Waals surface area contributed by atoms with Crippen molar-refractivity contribution in [2.75, 3.05) is 0 Å². The second kappa shape index (κ2) is 4.47. The summed E-state index contributed by atoms with van der Waals surface area (Å²) in [5.41, 5.74) is 0.881. The van der Waals surface area contributed by atoms with Gasteiger partial charge in [0.25, 0.3) is 5.70 Å². The van der Waals surface area contributed by atoms with Crippen LogP contribution >= 0.6 is 45.2 Å². The number of benzene rings is 1. The molecule has 0 saturated carbocycles. The molecular formula is C10H7I2NO3. The highest BCUT2D eigenvalue weighted by Crippen LogP contribution is 2.35. The molecule has 84 valence electrons. The molecule has 1 aromatic rings. The number of halogens is 2. The van der Waals surface area contributed by atoms with Crippen LogP contribution < -0.4 is 4.74 Å². The van der Waals surface area contributed by atoms with E-state index in [1.54, 1.807) is 13.0 Å². The molecule has 0 aliphatic carbocycles. The lowest BCUT2D eigenvalue weighted by Gasteiger charge is -2.20. The van der Waals surface area contributed by atoms with Gasteiger partial charge in [-0.15, -0.1) is 0 Å². The van der Waals surface area contributed by atoms with Crippen LogP contribution in [-0.2, 0) is 0 Å². The molecule has 0 radical (unpaired) electrons. The molecule has 6 heteroatoms. The van der Waals surface area contributed by atoms with Gasteiger partial charge in [0.1, 0.15) is 5.75 Å². The van der Waals surface area contributed by atoms with Crippen molar-refractivity contribution < 1.29 is 9.66 Å². The lowest BCUT2D eigenvalue weighted by atomic mass is 10.1. The number of hydrogen-bond donors (Lipinski definition) is 0. The van der Waals surface area contributed by atoms with Gasteiger partial charge in [-0.1, -0.05) is 0 Å². The molecule has 0 aromatic heterocycles. The first-order valence-corrected chi connectivity index (χ1v) is 6.66. The van der Waals surface area contributed by atoms with Crippen LogP contribution in [0.2, 0.25) is 0 Å². The van der Waals surface area contributed by atoms with Crippen molar-refractivity contribution in [1.82, 2.24) is 0 Å². The standard InChI is InChI=1S/C10H7I2NO3/c1-5-9(13(14)15)3-6-2-7(11)4-8(12)10(6)16-5/h2-5H,1H3. The fourth-order valence-electron chi connectivity index (χ4n) is 1.53. The maximum atomic E-state index is 10.8. The van der Waals surface area contributed by atoms with Crippen molar-refractivity contribution in [3.63, 3.8) is 0 Å². The molecule has 1 aromatic carbocycles. The lowest BCUT2D eigenvalue weighted by molar-refractivity contribution is -0.433. The van der Waals surface area contributed by atoms with Crippen LogP contribution in [0.4, 0.5) is 0 Å². The fraction of sp³-hybridized carbons (Fsp3) is 0.200. The van der Waals surface area contributed by atoms with Crippen molar-refractivity contribution in [3.05, 3.63) is 40.6 Å². The Hall–Kier alpha value is -0.380. The molecule has 1 aliphatic rings. The van der Waals surface area contributed by atoms with Gasteiger partial charge in [-0.05, 0) is 64.2 Å². The summed E-state index contributed by atoms with van der Waals surface area (Å²) >= 11 is 4.36. The number of rotatable bonds is 1. The van der Waals surface area contributed by atoms with Crippen LogP contribution in [0.25, 0.3) is 6.08 Å². The molecular weight excluding hydrogens is 436 g/mol. The van der Waals surface area contributed by atoms with Gasteiger partial charge in [0.15, 0.2) is 6.10 Å². The van der Waals surface area contributed by atoms with E-state index in [9.17, 15) is 10.1 Å². The smallest absolute Gasteiger partial charge is 0.286 e. The highest BCUT2D eigenvalue weighted by atomic mass is 127. The summed E-state index contributed by atoms with van der Waals surface area (Å²) in [6, 6.07) is 3.87. The Labute approximate surface area is 119 Å². The van der Waals surface area contributed by atoms with E-state index < -0.39 is 6.10 Å². The predicted octanol–water partition coefficient (Wildman–Crippen LogP) is 3.29. The van der Waals surface area contributed by atoms with Crippen molar-refractivity contribution in [2.45, 2.75) is 13.0 Å². The molecule has 0 spiro atoms. The third-order valence-corrected chi connectivity index (χ3v) is 3.69. The molecule has 4 nitrogen and oxygen atoms in total. The Morgan fingerprint density at radius 2 is 2.12 bits per heavy atom. The van der Waals surface area contributed by atoms with Crippen LogP contribution in [-0.4, -0.2) is 11.0 Å². The minimum Gasteiger partial charge on any atom is -0.478 e. The Morgan fingerprint density at radius 3 is 2.75 bits per heavy atom. The first-order valence-electron chi connectivity index (χ1n) is 4.50. The molecule has 0 N–H and O–H groups in total. The van der Waals surface area contributed by atoms with Crippen LogP contribution in [0.5, 0.6) is 5.75 Å². The second-order valence-electron chi connectivity index (χ2n) is 3.39. The average molecular weight is 443 g/mol. The first-order chi connectivity index (χ1) is 7.49. The van der Waals surface area contributed by atoms with E-state index in [4.69, 9.17) is 4.74 Å². The fourth-order valence-corrected chi connectivity index (χ4v) is 3.54. The molecule has 1 atom stereocenters. The number of fused-ring (bicyclic) bond motifs is 1. The van der Waals surface area contributed by atoms with Gasteiger partial charge < -0.3 is 4.74 Å². The van der Waals surface area contributed by atoms with Crippen molar-refractivity contribution in [1.29, 1.82) is 0 Å². The van der Waals surface area contributed by atoms with Gasteiger partial charge in [-0.3, -0.25) is 10.1 Å². The Morgan fingerprint density at radius 1 is 1.44 bits per heavy atom. The second-order valence-corrected chi connectivity index (χ2v) is 5.80. The summed E-state index contributed by atoms with van der Waals surface area (Å²) in [7, 11) is 0. The number of nitro groups is 1. The zero-order chi connectivity index (χ0) is 11.9. The quantitative estimate of drug-likeness (QED) is 0.381. The first kappa shape index (κ1) is 12.1. The van der Waals surface area contributed by atoms with E-state index in [0.717, 1.165) is 18.5 Å².